The molecule has 14 heteroatoms. The third-order valence-electron chi connectivity index (χ3n) is 9.00. The maximum atomic E-state index is 12.9. The first-order valence-corrected chi connectivity index (χ1v) is 17.2. The maximum absolute atomic E-state index is 12.9. The van der Waals surface area contributed by atoms with Gasteiger partial charge in [-0.15, -0.1) is 0 Å². The molecule has 49 heavy (non-hydrogen) atoms. The number of anilines is 5. The van der Waals surface area contributed by atoms with Crippen LogP contribution in [0.2, 0.25) is 0 Å². The number of nitrogens with zero attached hydrogens (tertiary/aromatic N) is 8. The molecule has 1 saturated heterocycles. The number of hydrogen-bond donors (Lipinski definition) is 3. The molecule has 0 bridgehead atoms. The van der Waals surface area contributed by atoms with E-state index < -0.39 is 5.60 Å². The van der Waals surface area contributed by atoms with Gasteiger partial charge in [0.25, 0.3) is 5.91 Å². The molecule has 3 N–H and O–H groups in total. The van der Waals surface area contributed by atoms with Crippen LogP contribution in [0.25, 0.3) is 11.0 Å². The standard InChI is InChI=1S/C35H47N11O3/c1-23-28(19-25(20-37-23)32(47)36-14-13-24-9-7-6-8-10-24)41-30-27-22-39-33(42-31(27)44(5)43-30)40-26-11-12-29(38-21-26)45-15-17-46(18-16-45)34(48)49-35(2,3)4/h11-12,19-22,24H,6-10,13-18H2,1-5H3,(H,36,47)(H,41,43)(H,39,40,42). The summed E-state index contributed by atoms with van der Waals surface area (Å²) in [4.78, 5) is 47.6. The van der Waals surface area contributed by atoms with Crippen LogP contribution in [0, 0.1) is 12.8 Å². The summed E-state index contributed by atoms with van der Waals surface area (Å²) in [6.45, 7) is 10.7. The zero-order valence-corrected chi connectivity index (χ0v) is 29.1. The van der Waals surface area contributed by atoms with Crippen LogP contribution in [-0.2, 0) is 11.8 Å². The number of fused-ring (bicyclic) bond motifs is 1. The Morgan fingerprint density at radius 1 is 0.959 bits per heavy atom. The molecule has 260 valence electrons. The van der Waals surface area contributed by atoms with E-state index in [0.29, 0.717) is 67.3 Å². The number of carbonyl (C=O) groups is 2. The summed E-state index contributed by atoms with van der Waals surface area (Å²) in [5, 5.41) is 15.0. The average Bonchev–Trinajstić information content (AvgIpc) is 3.39. The van der Waals surface area contributed by atoms with E-state index >= 15 is 0 Å². The Kier molecular flexibility index (Phi) is 10.1. The molecule has 1 saturated carbocycles. The first-order valence-electron chi connectivity index (χ1n) is 17.2. The summed E-state index contributed by atoms with van der Waals surface area (Å²) < 4.78 is 7.19. The van der Waals surface area contributed by atoms with Gasteiger partial charge >= 0.3 is 6.09 Å². The number of amides is 2. The molecule has 1 aliphatic heterocycles. The zero-order valence-electron chi connectivity index (χ0n) is 29.1. The first kappa shape index (κ1) is 33.9. The summed E-state index contributed by atoms with van der Waals surface area (Å²) in [6.07, 6.45) is 12.3. The maximum Gasteiger partial charge on any atom is 0.410 e. The molecule has 6 rings (SSSR count). The molecule has 2 amide bonds. The van der Waals surface area contributed by atoms with E-state index in [0.717, 1.165) is 29.0 Å². The lowest BCUT2D eigenvalue weighted by Gasteiger charge is -2.36. The smallest absolute Gasteiger partial charge is 0.410 e. The number of hydrogen-bond acceptors (Lipinski definition) is 11. The van der Waals surface area contributed by atoms with Gasteiger partial charge in [0.05, 0.1) is 34.2 Å². The van der Waals surface area contributed by atoms with Crippen molar-refractivity contribution >= 4 is 52.0 Å². The lowest BCUT2D eigenvalue weighted by atomic mass is 9.87. The molecule has 0 atom stereocenters. The van der Waals surface area contributed by atoms with Crippen molar-refractivity contribution in [3.63, 3.8) is 0 Å². The van der Waals surface area contributed by atoms with Crippen LogP contribution >= 0.6 is 0 Å². The highest BCUT2D eigenvalue weighted by Gasteiger charge is 2.26. The number of nitrogens with one attached hydrogen (secondary N) is 3. The lowest BCUT2D eigenvalue weighted by Crippen LogP contribution is -2.50. The second kappa shape index (κ2) is 14.6. The third-order valence-corrected chi connectivity index (χ3v) is 9.00. The Morgan fingerprint density at radius 2 is 1.73 bits per heavy atom. The van der Waals surface area contributed by atoms with Gasteiger partial charge < -0.3 is 30.5 Å². The minimum Gasteiger partial charge on any atom is -0.444 e. The molecule has 14 nitrogen and oxygen atoms in total. The summed E-state index contributed by atoms with van der Waals surface area (Å²) in [7, 11) is 1.82. The second-order valence-electron chi connectivity index (χ2n) is 13.9. The minimum atomic E-state index is -0.514. The van der Waals surface area contributed by atoms with E-state index in [1.54, 1.807) is 28.2 Å². The highest BCUT2D eigenvalue weighted by Crippen LogP contribution is 2.28. The quantitative estimate of drug-likeness (QED) is 0.201. The van der Waals surface area contributed by atoms with Crippen LogP contribution in [0.15, 0.2) is 36.8 Å². The zero-order chi connectivity index (χ0) is 34.5. The number of aromatic nitrogens is 6. The van der Waals surface area contributed by atoms with E-state index in [4.69, 9.17) is 9.72 Å². The normalized spacial score (nSPS) is 15.7. The van der Waals surface area contributed by atoms with E-state index in [1.165, 1.54) is 32.1 Å². The SMILES string of the molecule is Cc1ncc(C(=O)NCCC2CCCCC2)cc1Nc1nn(C)c2nc(Nc3ccc(N4CCN(C(=O)OC(C)(C)C)CC4)nc3)ncc12. The Balaban J connectivity index is 1.06. The average molecular weight is 670 g/mol. The molecular formula is C35H47N11O3. The van der Waals surface area contributed by atoms with Gasteiger partial charge in [0.15, 0.2) is 11.5 Å². The monoisotopic (exact) mass is 669 g/mol. The van der Waals surface area contributed by atoms with Gasteiger partial charge in [-0.1, -0.05) is 32.1 Å². The predicted molar refractivity (Wildman–Crippen MR) is 190 cm³/mol. The summed E-state index contributed by atoms with van der Waals surface area (Å²) in [6, 6.07) is 5.69. The first-order chi connectivity index (χ1) is 23.5. The van der Waals surface area contributed by atoms with E-state index in [9.17, 15) is 9.59 Å². The highest BCUT2D eigenvalue weighted by molar-refractivity contribution is 5.96. The predicted octanol–water partition coefficient (Wildman–Crippen LogP) is 5.71. The summed E-state index contributed by atoms with van der Waals surface area (Å²) >= 11 is 0. The van der Waals surface area contributed by atoms with Crippen molar-refractivity contribution in [1.82, 2.24) is 39.9 Å². The number of carbonyl (C=O) groups excluding carboxylic acids is 2. The molecule has 0 unspecified atom stereocenters. The number of piperazine rings is 1. The van der Waals surface area contributed by atoms with Crippen molar-refractivity contribution in [2.75, 3.05) is 48.3 Å². The molecule has 5 heterocycles. The highest BCUT2D eigenvalue weighted by atomic mass is 16.6. The topological polar surface area (TPSA) is 155 Å². The molecule has 2 fully saturated rings. The molecule has 1 aliphatic carbocycles. The van der Waals surface area contributed by atoms with Crippen molar-refractivity contribution in [1.29, 1.82) is 0 Å². The van der Waals surface area contributed by atoms with Gasteiger partial charge in [-0.2, -0.15) is 10.1 Å². The van der Waals surface area contributed by atoms with E-state index in [-0.39, 0.29) is 12.0 Å². The third kappa shape index (κ3) is 8.54. The van der Waals surface area contributed by atoms with Crippen LogP contribution in [0.3, 0.4) is 0 Å². The van der Waals surface area contributed by atoms with Gasteiger partial charge in [-0.25, -0.2) is 19.4 Å². The van der Waals surface area contributed by atoms with Crippen LogP contribution < -0.4 is 20.9 Å². The van der Waals surface area contributed by atoms with Crippen molar-refractivity contribution in [2.24, 2.45) is 13.0 Å². The van der Waals surface area contributed by atoms with Gasteiger partial charge in [0.1, 0.15) is 11.4 Å². The molecule has 4 aromatic heterocycles. The minimum absolute atomic E-state index is 0.125. The van der Waals surface area contributed by atoms with Crippen LogP contribution in [0.1, 0.15) is 75.3 Å². The number of rotatable bonds is 9. The Morgan fingerprint density at radius 3 is 2.45 bits per heavy atom. The largest absolute Gasteiger partial charge is 0.444 e. The van der Waals surface area contributed by atoms with Gasteiger partial charge in [0.2, 0.25) is 5.95 Å². The molecule has 0 spiro atoms. The van der Waals surface area contributed by atoms with Crippen molar-refractivity contribution < 1.29 is 14.3 Å². The van der Waals surface area contributed by atoms with Crippen LogP contribution in [0.4, 0.5) is 33.8 Å². The van der Waals surface area contributed by atoms with Gasteiger partial charge in [-0.05, 0) is 58.2 Å². The fourth-order valence-corrected chi connectivity index (χ4v) is 6.29. The fraction of sp³-hybridized carbons (Fsp3) is 0.514. The van der Waals surface area contributed by atoms with Crippen LogP contribution in [0.5, 0.6) is 0 Å². The summed E-state index contributed by atoms with van der Waals surface area (Å²) in [5.41, 5.74) is 2.81. The van der Waals surface area contributed by atoms with E-state index in [2.05, 4.69) is 40.9 Å². The molecule has 2 aliphatic rings. The Hall–Kier alpha value is -5.01. The van der Waals surface area contributed by atoms with Crippen LogP contribution in [-0.4, -0.2) is 84.9 Å². The number of aryl methyl sites for hydroxylation is 2. The van der Waals surface area contributed by atoms with Crippen molar-refractivity contribution in [3.8, 4) is 0 Å². The number of ether oxygens (including phenoxy) is 1. The van der Waals surface area contributed by atoms with Gasteiger partial charge in [0, 0.05) is 52.2 Å². The Bertz CT molecular complexity index is 1770. The molecule has 0 aromatic carbocycles. The Labute approximate surface area is 287 Å². The molecular weight excluding hydrogens is 622 g/mol. The van der Waals surface area contributed by atoms with Crippen molar-refractivity contribution in [3.05, 3.63) is 48.0 Å². The lowest BCUT2D eigenvalue weighted by molar-refractivity contribution is 0.0240. The van der Waals surface area contributed by atoms with Gasteiger partial charge in [-0.3, -0.25) is 9.78 Å². The summed E-state index contributed by atoms with van der Waals surface area (Å²) in [5.74, 6) is 2.40. The second-order valence-corrected chi connectivity index (χ2v) is 13.9. The number of pyridine rings is 2. The fourth-order valence-electron chi connectivity index (χ4n) is 6.29. The van der Waals surface area contributed by atoms with E-state index in [1.807, 2.05) is 52.9 Å². The van der Waals surface area contributed by atoms with Crippen molar-refractivity contribution in [2.45, 2.75) is 71.8 Å². The molecule has 4 aromatic rings. The molecule has 0 radical (unpaired) electrons.